The van der Waals surface area contributed by atoms with Gasteiger partial charge in [0.05, 0.1) is 6.61 Å². The third kappa shape index (κ3) is 2.69. The zero-order valence-corrected chi connectivity index (χ0v) is 9.68. The first-order chi connectivity index (χ1) is 8.23. The predicted octanol–water partition coefficient (Wildman–Crippen LogP) is -2.77. The summed E-state index contributed by atoms with van der Waals surface area (Å²) in [5, 5.41) is 47.1. The Bertz CT molecular complexity index is 341. The molecule has 0 aromatic carbocycles. The smallest absolute Gasteiger partial charge is 0.357 e. The summed E-state index contributed by atoms with van der Waals surface area (Å²) >= 11 is 0. The molecule has 5 atom stereocenters. The third-order valence-electron chi connectivity index (χ3n) is 2.52. The van der Waals surface area contributed by atoms with E-state index in [-0.39, 0.29) is 5.57 Å². The van der Waals surface area contributed by atoms with Crippen molar-refractivity contribution in [1.82, 2.24) is 0 Å². The van der Waals surface area contributed by atoms with E-state index < -0.39 is 43.0 Å². The van der Waals surface area contributed by atoms with Gasteiger partial charge in [-0.05, 0) is 6.92 Å². The summed E-state index contributed by atoms with van der Waals surface area (Å²) < 4.78 is 9.17. The Kier molecular flexibility index (Phi) is 4.43. The summed E-state index contributed by atoms with van der Waals surface area (Å²) in [6.45, 7) is 3.81. The molecule has 0 spiro atoms. The number of aliphatic hydroxyl groups is 5. The second kappa shape index (κ2) is 5.31. The summed E-state index contributed by atoms with van der Waals surface area (Å²) in [5.41, 5.74) is -0.0691. The van der Waals surface area contributed by atoms with Crippen LogP contribution < -0.4 is 0 Å². The normalized spacial score (nSPS) is 40.3. The molecule has 104 valence electrons. The predicted molar refractivity (Wildman–Crippen MR) is 55.8 cm³/mol. The average molecular weight is 264 g/mol. The third-order valence-corrected chi connectivity index (χ3v) is 2.52. The Hall–Kier alpha value is -1.03. The number of carbonyl (C=O) groups excluding carboxylic acids is 1. The molecule has 0 saturated carbocycles. The van der Waals surface area contributed by atoms with Gasteiger partial charge in [0.15, 0.2) is 6.10 Å². The average Bonchev–Trinajstić information content (AvgIpc) is 2.31. The van der Waals surface area contributed by atoms with Crippen LogP contribution in [0.1, 0.15) is 6.92 Å². The fourth-order valence-corrected chi connectivity index (χ4v) is 1.43. The number of aliphatic hydroxyl groups excluding tert-OH is 4. The number of hydrogen-bond donors (Lipinski definition) is 5. The van der Waals surface area contributed by atoms with Gasteiger partial charge in [0.1, 0.15) is 18.3 Å². The molecule has 0 aromatic heterocycles. The van der Waals surface area contributed by atoms with Crippen LogP contribution in [0.4, 0.5) is 0 Å². The second-order valence-electron chi connectivity index (χ2n) is 4.07. The van der Waals surface area contributed by atoms with E-state index in [2.05, 4.69) is 11.3 Å². The van der Waals surface area contributed by atoms with Crippen LogP contribution in [0.2, 0.25) is 0 Å². The van der Waals surface area contributed by atoms with Crippen LogP contribution in [0, 0.1) is 0 Å². The van der Waals surface area contributed by atoms with Crippen molar-refractivity contribution >= 4 is 5.97 Å². The van der Waals surface area contributed by atoms with Crippen LogP contribution in [0.5, 0.6) is 0 Å². The van der Waals surface area contributed by atoms with E-state index in [0.717, 1.165) is 0 Å². The van der Waals surface area contributed by atoms with Crippen molar-refractivity contribution in [2.75, 3.05) is 6.61 Å². The minimum atomic E-state index is -2.86. The second-order valence-corrected chi connectivity index (χ2v) is 4.07. The minimum absolute atomic E-state index is 0.0691. The molecule has 0 amide bonds. The minimum Gasteiger partial charge on any atom is -0.402 e. The van der Waals surface area contributed by atoms with Gasteiger partial charge in [0, 0.05) is 5.57 Å². The molecule has 0 radical (unpaired) electrons. The van der Waals surface area contributed by atoms with Crippen molar-refractivity contribution in [3.05, 3.63) is 12.2 Å². The van der Waals surface area contributed by atoms with E-state index >= 15 is 0 Å². The van der Waals surface area contributed by atoms with Gasteiger partial charge in [-0.15, -0.1) is 0 Å². The van der Waals surface area contributed by atoms with E-state index in [1.807, 2.05) is 0 Å². The summed E-state index contributed by atoms with van der Waals surface area (Å²) in [4.78, 5) is 11.3. The van der Waals surface area contributed by atoms with Crippen molar-refractivity contribution in [2.45, 2.75) is 37.3 Å². The van der Waals surface area contributed by atoms with Crippen molar-refractivity contribution in [3.63, 3.8) is 0 Å². The molecule has 1 fully saturated rings. The monoisotopic (exact) mass is 264 g/mol. The van der Waals surface area contributed by atoms with Crippen LogP contribution in [0.3, 0.4) is 0 Å². The fraction of sp³-hybridized carbons (Fsp3) is 0.700. The quantitative estimate of drug-likeness (QED) is 0.210. The van der Waals surface area contributed by atoms with E-state index in [1.54, 1.807) is 0 Å². The van der Waals surface area contributed by atoms with E-state index in [4.69, 9.17) is 9.84 Å². The zero-order valence-electron chi connectivity index (χ0n) is 9.68. The van der Waals surface area contributed by atoms with Gasteiger partial charge < -0.3 is 35.0 Å². The van der Waals surface area contributed by atoms with Crippen LogP contribution >= 0.6 is 0 Å². The van der Waals surface area contributed by atoms with Crippen LogP contribution in [0.15, 0.2) is 12.2 Å². The lowest BCUT2D eigenvalue weighted by atomic mass is 9.98. The molecule has 0 bridgehead atoms. The lowest BCUT2D eigenvalue weighted by Gasteiger charge is -2.43. The molecule has 1 heterocycles. The molecule has 8 heteroatoms. The first-order valence-electron chi connectivity index (χ1n) is 5.17. The number of rotatable bonds is 3. The van der Waals surface area contributed by atoms with E-state index in [1.165, 1.54) is 6.92 Å². The lowest BCUT2D eigenvalue weighted by Crippen LogP contribution is -2.66. The van der Waals surface area contributed by atoms with Gasteiger partial charge in [-0.3, -0.25) is 0 Å². The first-order valence-corrected chi connectivity index (χ1v) is 5.17. The van der Waals surface area contributed by atoms with Crippen LogP contribution in [-0.4, -0.2) is 68.5 Å². The molecule has 5 N–H and O–H groups in total. The van der Waals surface area contributed by atoms with Gasteiger partial charge in [-0.2, -0.15) is 0 Å². The molecule has 1 aliphatic rings. The van der Waals surface area contributed by atoms with E-state index in [0.29, 0.717) is 0 Å². The summed E-state index contributed by atoms with van der Waals surface area (Å²) in [6, 6.07) is 0. The van der Waals surface area contributed by atoms with Gasteiger partial charge in [-0.1, -0.05) is 6.58 Å². The first kappa shape index (κ1) is 15.0. The highest BCUT2D eigenvalue weighted by molar-refractivity contribution is 5.87. The molecule has 8 nitrogen and oxygen atoms in total. The van der Waals surface area contributed by atoms with Gasteiger partial charge in [0.2, 0.25) is 0 Å². The fourth-order valence-electron chi connectivity index (χ4n) is 1.43. The van der Waals surface area contributed by atoms with Crippen molar-refractivity contribution in [2.24, 2.45) is 0 Å². The molecular weight excluding hydrogens is 248 g/mol. The Morgan fingerprint density at radius 1 is 1.39 bits per heavy atom. The maximum Gasteiger partial charge on any atom is 0.357 e. The number of carbonyl (C=O) groups is 1. The Morgan fingerprint density at radius 3 is 2.39 bits per heavy atom. The molecule has 0 aromatic rings. The molecular formula is C10H16O8. The molecule has 1 rings (SSSR count). The molecule has 1 saturated heterocycles. The standard InChI is InChI=1S/C10H16O8/c1-4(2)9(15)18-10(16)8(14)7(13)6(12)5(3-11)17-10/h5-8,11-14,16H,1,3H2,2H3/t5-,6+,7+,8-,10+/m1/s1. The largest absolute Gasteiger partial charge is 0.402 e. The number of ether oxygens (including phenoxy) is 2. The SMILES string of the molecule is C=C(C)C(=O)O[C@@]1(O)O[C@H](CO)[C@H](O)[C@H](O)[C@H]1O. The topological polar surface area (TPSA) is 137 Å². The lowest BCUT2D eigenvalue weighted by molar-refractivity contribution is -0.433. The highest BCUT2D eigenvalue weighted by atomic mass is 16.8. The number of hydrogen-bond acceptors (Lipinski definition) is 8. The Balaban J connectivity index is 2.91. The summed E-state index contributed by atoms with van der Waals surface area (Å²) in [7, 11) is 0. The maximum atomic E-state index is 11.3. The highest BCUT2D eigenvalue weighted by Gasteiger charge is 2.55. The summed E-state index contributed by atoms with van der Waals surface area (Å²) in [5.74, 6) is -3.92. The maximum absolute atomic E-state index is 11.3. The van der Waals surface area contributed by atoms with Crippen molar-refractivity contribution in [3.8, 4) is 0 Å². The Labute approximate surface area is 103 Å². The number of esters is 1. The zero-order chi connectivity index (χ0) is 14.1. The summed E-state index contributed by atoms with van der Waals surface area (Å²) in [6.07, 6.45) is -6.97. The van der Waals surface area contributed by atoms with Crippen molar-refractivity contribution < 1.29 is 39.8 Å². The van der Waals surface area contributed by atoms with Crippen LogP contribution in [0.25, 0.3) is 0 Å². The van der Waals surface area contributed by atoms with Crippen molar-refractivity contribution in [1.29, 1.82) is 0 Å². The molecule has 18 heavy (non-hydrogen) atoms. The Morgan fingerprint density at radius 2 is 1.94 bits per heavy atom. The molecule has 0 aliphatic carbocycles. The van der Waals surface area contributed by atoms with Gasteiger partial charge >= 0.3 is 11.9 Å². The molecule has 1 aliphatic heterocycles. The highest BCUT2D eigenvalue weighted by Crippen LogP contribution is 2.29. The van der Waals surface area contributed by atoms with Gasteiger partial charge in [-0.25, -0.2) is 4.79 Å². The van der Waals surface area contributed by atoms with Crippen LogP contribution in [-0.2, 0) is 14.3 Å². The van der Waals surface area contributed by atoms with Gasteiger partial charge in [0.25, 0.3) is 0 Å². The van der Waals surface area contributed by atoms with E-state index in [9.17, 15) is 25.2 Å². The molecule has 0 unspecified atom stereocenters.